The molecule has 2 aliphatic heterocycles. The van der Waals surface area contributed by atoms with E-state index in [-0.39, 0.29) is 12.7 Å². The summed E-state index contributed by atoms with van der Waals surface area (Å²) in [5, 5.41) is 5.12. The van der Waals surface area contributed by atoms with E-state index in [4.69, 9.17) is 0 Å². The SMILES string of the molecule is CN1C(=O)[C@@H](NC(=O)[C@H](CCCC(F)(F)F)[C@H](CCC(F)(F)F)C(=O)NCN2CCC(N(C)C)C2)N=C(c2ccccc2)c2ccccc21. The van der Waals surface area contributed by atoms with E-state index in [2.05, 4.69) is 15.6 Å². The Hall–Kier alpha value is -3.98. The molecule has 0 aromatic heterocycles. The topological polar surface area (TPSA) is 97.3 Å². The minimum Gasteiger partial charge on any atom is -0.343 e. The molecule has 2 heterocycles. The van der Waals surface area contributed by atoms with Crippen LogP contribution in [0, 0.1) is 11.8 Å². The van der Waals surface area contributed by atoms with Crippen molar-refractivity contribution in [2.24, 2.45) is 16.8 Å². The molecule has 268 valence electrons. The number of halogens is 6. The van der Waals surface area contributed by atoms with E-state index in [0.717, 1.165) is 6.42 Å². The van der Waals surface area contributed by atoms with Crippen LogP contribution in [0.2, 0.25) is 0 Å². The van der Waals surface area contributed by atoms with Gasteiger partial charge in [-0.1, -0.05) is 48.5 Å². The number of likely N-dealkylation sites (tertiary alicyclic amines) is 1. The summed E-state index contributed by atoms with van der Waals surface area (Å²) < 4.78 is 80.0. The van der Waals surface area contributed by atoms with Crippen molar-refractivity contribution in [2.75, 3.05) is 45.8 Å². The number of carbonyl (C=O) groups excluding carboxylic acids is 3. The summed E-state index contributed by atoms with van der Waals surface area (Å²) in [6, 6.07) is 15.9. The Morgan fingerprint density at radius 2 is 1.55 bits per heavy atom. The summed E-state index contributed by atoms with van der Waals surface area (Å²) >= 11 is 0. The molecule has 2 aromatic rings. The quantitative estimate of drug-likeness (QED) is 0.289. The number of aliphatic imine (C=N–C) groups is 1. The van der Waals surface area contributed by atoms with Crippen LogP contribution >= 0.6 is 0 Å². The molecule has 0 radical (unpaired) electrons. The molecule has 0 aliphatic carbocycles. The first kappa shape index (κ1) is 37.8. The van der Waals surface area contributed by atoms with Crippen molar-refractivity contribution < 1.29 is 40.7 Å². The van der Waals surface area contributed by atoms with Crippen LogP contribution in [-0.4, -0.2) is 98.7 Å². The standard InChI is InChI=1S/C34H42F6N6O3/c1-44(2)23-16-19-46(20-23)21-41-30(47)25(15-18-34(38,39)40)24(13-9-17-33(35,36)37)31(48)43-29-32(49)45(3)27-14-8-7-12-26(27)28(42-29)22-10-5-4-6-11-22/h4-8,10-12,14,23-25,29H,9,13,15-21H2,1-3H3,(H,41,47)(H,43,48)/t23?,24-,25+,29-/m1/s1. The number of likely N-dealkylation sites (N-methyl/N-ethyl adjacent to an activating group) is 2. The third-order valence-corrected chi connectivity index (χ3v) is 9.00. The Kier molecular flexibility index (Phi) is 12.5. The number of rotatable bonds is 13. The number of benzodiazepines with no additional fused rings is 1. The molecule has 1 saturated heterocycles. The highest BCUT2D eigenvalue weighted by Crippen LogP contribution is 2.33. The molecule has 9 nitrogen and oxygen atoms in total. The van der Waals surface area contributed by atoms with Gasteiger partial charge in [-0.3, -0.25) is 19.3 Å². The van der Waals surface area contributed by atoms with Gasteiger partial charge < -0.3 is 20.4 Å². The summed E-state index contributed by atoms with van der Waals surface area (Å²) in [5.74, 6) is -5.84. The van der Waals surface area contributed by atoms with Gasteiger partial charge in [0.05, 0.1) is 18.1 Å². The molecule has 4 rings (SSSR count). The second kappa shape index (κ2) is 16.2. The van der Waals surface area contributed by atoms with Gasteiger partial charge in [0.1, 0.15) is 0 Å². The van der Waals surface area contributed by atoms with Crippen molar-refractivity contribution in [2.45, 2.75) is 63.1 Å². The van der Waals surface area contributed by atoms with Crippen LogP contribution in [0.3, 0.4) is 0 Å². The number of hydrogen-bond acceptors (Lipinski definition) is 6. The second-order valence-corrected chi connectivity index (χ2v) is 12.7. The summed E-state index contributed by atoms with van der Waals surface area (Å²) in [4.78, 5) is 51.0. The Morgan fingerprint density at radius 1 is 0.918 bits per heavy atom. The molecule has 4 atom stereocenters. The van der Waals surface area contributed by atoms with Crippen LogP contribution < -0.4 is 15.5 Å². The lowest BCUT2D eigenvalue weighted by Crippen LogP contribution is -2.51. The lowest BCUT2D eigenvalue weighted by Gasteiger charge is -2.29. The monoisotopic (exact) mass is 696 g/mol. The lowest BCUT2D eigenvalue weighted by molar-refractivity contribution is -0.148. The third-order valence-electron chi connectivity index (χ3n) is 9.00. The van der Waals surface area contributed by atoms with E-state index in [9.17, 15) is 40.7 Å². The van der Waals surface area contributed by atoms with E-state index in [1.807, 2.05) is 23.9 Å². The van der Waals surface area contributed by atoms with Crippen LogP contribution in [-0.2, 0) is 14.4 Å². The number of nitrogens with one attached hydrogen (secondary N) is 2. The smallest absolute Gasteiger partial charge is 0.343 e. The highest BCUT2D eigenvalue weighted by Gasteiger charge is 2.40. The molecular formula is C34H42F6N6O3. The van der Waals surface area contributed by atoms with Crippen molar-refractivity contribution >= 4 is 29.1 Å². The van der Waals surface area contributed by atoms with E-state index < -0.39 is 80.2 Å². The van der Waals surface area contributed by atoms with Crippen molar-refractivity contribution in [3.8, 4) is 0 Å². The zero-order valence-corrected chi connectivity index (χ0v) is 27.7. The van der Waals surface area contributed by atoms with Crippen molar-refractivity contribution in [1.29, 1.82) is 0 Å². The number of anilines is 1. The molecular weight excluding hydrogens is 654 g/mol. The molecule has 2 N–H and O–H groups in total. The molecule has 2 aliphatic rings. The van der Waals surface area contributed by atoms with E-state index in [0.29, 0.717) is 35.6 Å². The molecule has 3 amide bonds. The summed E-state index contributed by atoms with van der Waals surface area (Å²) in [6.45, 7) is 1.21. The van der Waals surface area contributed by atoms with Gasteiger partial charge in [0, 0.05) is 62.0 Å². The van der Waals surface area contributed by atoms with Gasteiger partial charge in [0.15, 0.2) is 0 Å². The number of nitrogens with zero attached hydrogens (tertiary/aromatic N) is 4. The van der Waals surface area contributed by atoms with Gasteiger partial charge in [-0.15, -0.1) is 0 Å². The van der Waals surface area contributed by atoms with E-state index in [1.54, 1.807) is 54.6 Å². The highest BCUT2D eigenvalue weighted by molar-refractivity contribution is 6.20. The van der Waals surface area contributed by atoms with Gasteiger partial charge in [-0.25, -0.2) is 4.99 Å². The first-order valence-corrected chi connectivity index (χ1v) is 16.1. The van der Waals surface area contributed by atoms with Gasteiger partial charge in [0.2, 0.25) is 18.0 Å². The number of fused-ring (bicyclic) bond motifs is 1. The zero-order chi connectivity index (χ0) is 35.9. The first-order valence-electron chi connectivity index (χ1n) is 16.1. The predicted molar refractivity (Wildman–Crippen MR) is 173 cm³/mol. The minimum absolute atomic E-state index is 0.00251. The van der Waals surface area contributed by atoms with Crippen molar-refractivity contribution in [3.05, 3.63) is 65.7 Å². The van der Waals surface area contributed by atoms with Crippen molar-refractivity contribution in [3.63, 3.8) is 0 Å². The number of amides is 3. The minimum atomic E-state index is -4.69. The van der Waals surface area contributed by atoms with Gasteiger partial charge in [0.25, 0.3) is 5.91 Å². The maximum absolute atomic E-state index is 14.0. The molecule has 1 unspecified atom stereocenters. The second-order valence-electron chi connectivity index (χ2n) is 12.7. The van der Waals surface area contributed by atoms with Crippen LogP contribution in [0.1, 0.15) is 49.7 Å². The van der Waals surface area contributed by atoms with Crippen LogP contribution in [0.5, 0.6) is 0 Å². The highest BCUT2D eigenvalue weighted by atomic mass is 19.4. The molecule has 0 saturated carbocycles. The molecule has 2 aromatic carbocycles. The van der Waals surface area contributed by atoms with E-state index >= 15 is 0 Å². The first-order chi connectivity index (χ1) is 23.0. The molecule has 49 heavy (non-hydrogen) atoms. The lowest BCUT2D eigenvalue weighted by atomic mass is 9.83. The Morgan fingerprint density at radius 3 is 2.18 bits per heavy atom. The van der Waals surface area contributed by atoms with Gasteiger partial charge in [-0.2, -0.15) is 26.3 Å². The number of para-hydroxylation sites is 1. The Bertz CT molecular complexity index is 1480. The van der Waals surface area contributed by atoms with Gasteiger partial charge >= 0.3 is 12.4 Å². The van der Waals surface area contributed by atoms with E-state index in [1.165, 1.54) is 11.9 Å². The fraction of sp³-hybridized carbons (Fsp3) is 0.529. The molecule has 15 heteroatoms. The Balaban J connectivity index is 1.65. The fourth-order valence-corrected chi connectivity index (χ4v) is 6.25. The molecule has 0 spiro atoms. The van der Waals surface area contributed by atoms with Crippen molar-refractivity contribution in [1.82, 2.24) is 20.4 Å². The number of carbonyl (C=O) groups is 3. The summed E-state index contributed by atoms with van der Waals surface area (Å²) in [7, 11) is 5.29. The zero-order valence-electron chi connectivity index (χ0n) is 27.7. The fourth-order valence-electron chi connectivity index (χ4n) is 6.25. The largest absolute Gasteiger partial charge is 0.389 e. The average molecular weight is 697 g/mol. The maximum atomic E-state index is 14.0. The maximum Gasteiger partial charge on any atom is 0.389 e. The Labute approximate surface area is 281 Å². The average Bonchev–Trinajstić information content (AvgIpc) is 3.50. The number of hydrogen-bond donors (Lipinski definition) is 2. The predicted octanol–water partition coefficient (Wildman–Crippen LogP) is 4.96. The molecule has 1 fully saturated rings. The van der Waals surface area contributed by atoms with Crippen LogP contribution in [0.4, 0.5) is 32.0 Å². The van der Waals surface area contributed by atoms with Crippen LogP contribution in [0.15, 0.2) is 59.6 Å². The van der Waals surface area contributed by atoms with Crippen LogP contribution in [0.25, 0.3) is 0 Å². The number of alkyl halides is 6. The third kappa shape index (κ3) is 10.5. The van der Waals surface area contributed by atoms with Gasteiger partial charge in [-0.05, 0) is 45.8 Å². The number of benzene rings is 2. The molecule has 0 bridgehead atoms. The summed E-state index contributed by atoms with van der Waals surface area (Å²) in [5.41, 5.74) is 2.01. The normalized spacial score (nSPS) is 20.0. The summed E-state index contributed by atoms with van der Waals surface area (Å²) in [6.07, 6.45) is -14.8.